The van der Waals surface area contributed by atoms with Gasteiger partial charge in [-0.15, -0.1) is 0 Å². The Morgan fingerprint density at radius 3 is 2.45 bits per heavy atom. The SMILES string of the molecule is CCc1c(CC(C)NC(=O)OC)cc(OC)cc1OC. The maximum atomic E-state index is 11.2. The number of hydrogen-bond acceptors (Lipinski definition) is 4. The largest absolute Gasteiger partial charge is 0.497 e. The first-order valence-electron chi connectivity index (χ1n) is 6.63. The van der Waals surface area contributed by atoms with Crippen molar-refractivity contribution in [3.8, 4) is 11.5 Å². The summed E-state index contributed by atoms with van der Waals surface area (Å²) in [6.45, 7) is 4.01. The summed E-state index contributed by atoms with van der Waals surface area (Å²) in [5.41, 5.74) is 2.24. The number of nitrogens with one attached hydrogen (secondary N) is 1. The van der Waals surface area contributed by atoms with Crippen molar-refractivity contribution in [3.05, 3.63) is 23.3 Å². The van der Waals surface area contributed by atoms with Crippen molar-refractivity contribution >= 4 is 6.09 Å². The van der Waals surface area contributed by atoms with Crippen LogP contribution in [0.3, 0.4) is 0 Å². The summed E-state index contributed by atoms with van der Waals surface area (Å²) < 4.78 is 15.3. The summed E-state index contributed by atoms with van der Waals surface area (Å²) in [5, 5.41) is 2.76. The average molecular weight is 281 g/mol. The zero-order chi connectivity index (χ0) is 15.1. The van der Waals surface area contributed by atoms with Gasteiger partial charge in [0, 0.05) is 12.1 Å². The fourth-order valence-corrected chi connectivity index (χ4v) is 2.20. The van der Waals surface area contributed by atoms with Gasteiger partial charge in [-0.1, -0.05) is 6.92 Å². The summed E-state index contributed by atoms with van der Waals surface area (Å²) in [5.74, 6) is 1.56. The first-order valence-corrected chi connectivity index (χ1v) is 6.63. The predicted molar refractivity (Wildman–Crippen MR) is 77.6 cm³/mol. The highest BCUT2D eigenvalue weighted by molar-refractivity contribution is 5.67. The second-order valence-electron chi connectivity index (χ2n) is 4.56. The molecule has 1 amide bonds. The summed E-state index contributed by atoms with van der Waals surface area (Å²) >= 11 is 0. The van der Waals surface area contributed by atoms with Crippen LogP contribution >= 0.6 is 0 Å². The van der Waals surface area contributed by atoms with Crippen molar-refractivity contribution in [1.29, 1.82) is 0 Å². The molecule has 0 aromatic heterocycles. The lowest BCUT2D eigenvalue weighted by Gasteiger charge is -2.18. The molecule has 0 heterocycles. The molecule has 0 fully saturated rings. The fourth-order valence-electron chi connectivity index (χ4n) is 2.20. The van der Waals surface area contributed by atoms with Gasteiger partial charge in [0.15, 0.2) is 0 Å². The van der Waals surface area contributed by atoms with E-state index in [0.29, 0.717) is 6.42 Å². The molecular formula is C15H23NO4. The molecule has 0 aliphatic rings. The molecule has 20 heavy (non-hydrogen) atoms. The molecule has 1 unspecified atom stereocenters. The number of carbonyl (C=O) groups excluding carboxylic acids is 1. The standard InChI is InChI=1S/C15H23NO4/c1-6-13-11(7-10(2)16-15(17)20-5)8-12(18-3)9-14(13)19-4/h8-10H,6-7H2,1-5H3,(H,16,17). The minimum absolute atomic E-state index is 0.0374. The normalized spacial score (nSPS) is 11.7. The third-order valence-electron chi connectivity index (χ3n) is 3.16. The van der Waals surface area contributed by atoms with Crippen molar-refractivity contribution < 1.29 is 19.0 Å². The minimum Gasteiger partial charge on any atom is -0.497 e. The minimum atomic E-state index is -0.426. The first-order chi connectivity index (χ1) is 9.55. The van der Waals surface area contributed by atoms with Crippen molar-refractivity contribution in [2.75, 3.05) is 21.3 Å². The van der Waals surface area contributed by atoms with Crippen LogP contribution in [0.25, 0.3) is 0 Å². The van der Waals surface area contributed by atoms with Crippen LogP contribution < -0.4 is 14.8 Å². The molecule has 1 atom stereocenters. The molecule has 0 saturated heterocycles. The first kappa shape index (κ1) is 16.1. The maximum absolute atomic E-state index is 11.2. The zero-order valence-electron chi connectivity index (χ0n) is 12.8. The van der Waals surface area contributed by atoms with Crippen LogP contribution in [-0.2, 0) is 17.6 Å². The van der Waals surface area contributed by atoms with Crippen LogP contribution in [-0.4, -0.2) is 33.5 Å². The second kappa shape index (κ2) is 7.62. The van der Waals surface area contributed by atoms with E-state index in [9.17, 15) is 4.79 Å². The van der Waals surface area contributed by atoms with Gasteiger partial charge < -0.3 is 19.5 Å². The van der Waals surface area contributed by atoms with E-state index in [-0.39, 0.29) is 6.04 Å². The Labute approximate surface area is 120 Å². The lowest BCUT2D eigenvalue weighted by molar-refractivity contribution is 0.167. The van der Waals surface area contributed by atoms with Gasteiger partial charge in [0.2, 0.25) is 0 Å². The van der Waals surface area contributed by atoms with Gasteiger partial charge in [-0.3, -0.25) is 0 Å². The van der Waals surface area contributed by atoms with E-state index in [4.69, 9.17) is 9.47 Å². The summed E-state index contributed by atoms with van der Waals surface area (Å²) in [6.07, 6.45) is 1.12. The molecule has 1 aromatic rings. The highest BCUT2D eigenvalue weighted by Gasteiger charge is 2.15. The van der Waals surface area contributed by atoms with Crippen LogP contribution in [0.2, 0.25) is 0 Å². The number of methoxy groups -OCH3 is 3. The molecule has 1 aromatic carbocycles. The Balaban J connectivity index is 2.99. The van der Waals surface area contributed by atoms with E-state index in [1.807, 2.05) is 19.1 Å². The van der Waals surface area contributed by atoms with E-state index in [0.717, 1.165) is 29.0 Å². The number of benzene rings is 1. The Morgan fingerprint density at radius 2 is 1.95 bits per heavy atom. The zero-order valence-corrected chi connectivity index (χ0v) is 12.8. The van der Waals surface area contributed by atoms with Gasteiger partial charge in [0.25, 0.3) is 0 Å². The molecule has 112 valence electrons. The maximum Gasteiger partial charge on any atom is 0.407 e. The number of amides is 1. The van der Waals surface area contributed by atoms with Gasteiger partial charge in [-0.2, -0.15) is 0 Å². The molecule has 0 aliphatic carbocycles. The van der Waals surface area contributed by atoms with Gasteiger partial charge >= 0.3 is 6.09 Å². The third-order valence-corrected chi connectivity index (χ3v) is 3.16. The monoisotopic (exact) mass is 281 g/mol. The highest BCUT2D eigenvalue weighted by Crippen LogP contribution is 2.30. The van der Waals surface area contributed by atoms with Crippen LogP contribution in [0.4, 0.5) is 4.79 Å². The molecule has 0 radical (unpaired) electrons. The fraction of sp³-hybridized carbons (Fsp3) is 0.533. The van der Waals surface area contributed by atoms with E-state index in [2.05, 4.69) is 17.0 Å². The van der Waals surface area contributed by atoms with Gasteiger partial charge in [-0.05, 0) is 37.0 Å². The van der Waals surface area contributed by atoms with Crippen molar-refractivity contribution in [3.63, 3.8) is 0 Å². The number of ether oxygens (including phenoxy) is 3. The van der Waals surface area contributed by atoms with Crippen molar-refractivity contribution in [2.24, 2.45) is 0 Å². The molecule has 0 bridgehead atoms. The molecule has 1 rings (SSSR count). The molecule has 5 nitrogen and oxygen atoms in total. The van der Waals surface area contributed by atoms with E-state index < -0.39 is 6.09 Å². The molecule has 0 aliphatic heterocycles. The Morgan fingerprint density at radius 1 is 1.25 bits per heavy atom. The quantitative estimate of drug-likeness (QED) is 0.870. The molecule has 0 spiro atoms. The number of hydrogen-bond donors (Lipinski definition) is 1. The van der Waals surface area contributed by atoms with Gasteiger partial charge in [0.05, 0.1) is 21.3 Å². The molecular weight excluding hydrogens is 258 g/mol. The Kier molecular flexibility index (Phi) is 6.15. The number of alkyl carbamates (subject to hydrolysis) is 1. The smallest absolute Gasteiger partial charge is 0.407 e. The Bertz CT molecular complexity index is 459. The predicted octanol–water partition coefficient (Wildman–Crippen LogP) is 2.55. The average Bonchev–Trinajstić information content (AvgIpc) is 2.45. The van der Waals surface area contributed by atoms with Gasteiger partial charge in [0.1, 0.15) is 11.5 Å². The van der Waals surface area contributed by atoms with Crippen molar-refractivity contribution in [2.45, 2.75) is 32.7 Å². The van der Waals surface area contributed by atoms with E-state index in [1.165, 1.54) is 7.11 Å². The third kappa shape index (κ3) is 4.05. The van der Waals surface area contributed by atoms with Crippen molar-refractivity contribution in [1.82, 2.24) is 5.32 Å². The van der Waals surface area contributed by atoms with E-state index >= 15 is 0 Å². The summed E-state index contributed by atoms with van der Waals surface area (Å²) in [4.78, 5) is 11.2. The number of carbonyl (C=O) groups is 1. The highest BCUT2D eigenvalue weighted by atomic mass is 16.5. The molecule has 5 heteroatoms. The summed E-state index contributed by atoms with van der Waals surface area (Å²) in [7, 11) is 4.63. The van der Waals surface area contributed by atoms with Crippen LogP contribution in [0.15, 0.2) is 12.1 Å². The molecule has 1 N–H and O–H groups in total. The lowest BCUT2D eigenvalue weighted by atomic mass is 9.98. The lowest BCUT2D eigenvalue weighted by Crippen LogP contribution is -2.34. The topological polar surface area (TPSA) is 56.8 Å². The summed E-state index contributed by atoms with van der Waals surface area (Å²) in [6, 6.07) is 3.82. The molecule has 0 saturated carbocycles. The van der Waals surface area contributed by atoms with Gasteiger partial charge in [-0.25, -0.2) is 4.79 Å². The van der Waals surface area contributed by atoms with E-state index in [1.54, 1.807) is 14.2 Å². The Hall–Kier alpha value is -1.91. The van der Waals surface area contributed by atoms with Crippen LogP contribution in [0, 0.1) is 0 Å². The second-order valence-corrected chi connectivity index (χ2v) is 4.56. The van der Waals surface area contributed by atoms with Crippen LogP contribution in [0.1, 0.15) is 25.0 Å². The number of rotatable bonds is 6. The van der Waals surface area contributed by atoms with Crippen LogP contribution in [0.5, 0.6) is 11.5 Å².